The number of nitrogens with two attached hydrogens (primary N) is 1. The number of hydrogen-bond acceptors (Lipinski definition) is 3. The molecule has 0 radical (unpaired) electrons. The summed E-state index contributed by atoms with van der Waals surface area (Å²) in [6.07, 6.45) is 5.09. The van der Waals surface area contributed by atoms with Crippen molar-refractivity contribution in [3.05, 3.63) is 64.4 Å². The molecule has 5 heteroatoms. The standard InChI is InChI=1S/C22H24N2O2.ClH/c1-13-8-19-16(12-26-21(19)9-14(13)2)11-22(25)24-20-5-3-4-15-10-17(23)6-7-18(15)20;/h6-10,12,20H,3-5,11,23H2,1-2H3,(H,24,25);1H. The van der Waals surface area contributed by atoms with E-state index in [1.165, 1.54) is 22.3 Å². The minimum absolute atomic E-state index is 0. The first-order valence-electron chi connectivity index (χ1n) is 9.16. The van der Waals surface area contributed by atoms with Gasteiger partial charge >= 0.3 is 0 Å². The maximum Gasteiger partial charge on any atom is 0.225 e. The molecule has 0 fully saturated rings. The van der Waals surface area contributed by atoms with Crippen molar-refractivity contribution in [3.63, 3.8) is 0 Å². The summed E-state index contributed by atoms with van der Waals surface area (Å²) in [7, 11) is 0. The Balaban J connectivity index is 0.00000210. The molecule has 1 unspecified atom stereocenters. The molecule has 1 atom stereocenters. The normalized spacial score (nSPS) is 15.9. The molecule has 2 aromatic carbocycles. The van der Waals surface area contributed by atoms with Gasteiger partial charge in [-0.3, -0.25) is 4.79 Å². The summed E-state index contributed by atoms with van der Waals surface area (Å²) in [6.45, 7) is 4.15. The fraction of sp³-hybridized carbons (Fsp3) is 0.318. The number of aryl methyl sites for hydroxylation is 3. The number of nitrogen functional groups attached to an aromatic ring is 1. The lowest BCUT2D eigenvalue weighted by Crippen LogP contribution is -2.32. The van der Waals surface area contributed by atoms with E-state index >= 15 is 0 Å². The monoisotopic (exact) mass is 384 g/mol. The second kappa shape index (κ2) is 7.65. The van der Waals surface area contributed by atoms with Crippen LogP contribution in [-0.2, 0) is 17.6 Å². The molecule has 0 spiro atoms. The molecule has 0 bridgehead atoms. The number of rotatable bonds is 3. The van der Waals surface area contributed by atoms with Crippen LogP contribution < -0.4 is 11.1 Å². The molecule has 1 heterocycles. The Hall–Kier alpha value is -2.46. The molecule has 1 amide bonds. The molecular formula is C22H25ClN2O2. The van der Waals surface area contributed by atoms with Gasteiger partial charge in [-0.2, -0.15) is 0 Å². The number of nitrogens with one attached hydrogen (secondary N) is 1. The fourth-order valence-corrected chi connectivity index (χ4v) is 3.88. The van der Waals surface area contributed by atoms with Gasteiger partial charge in [-0.25, -0.2) is 0 Å². The molecule has 4 rings (SSSR count). The molecule has 3 aromatic rings. The molecule has 3 N–H and O–H groups in total. The van der Waals surface area contributed by atoms with E-state index in [0.29, 0.717) is 6.42 Å². The maximum atomic E-state index is 12.7. The first kappa shape index (κ1) is 19.3. The molecular weight excluding hydrogens is 360 g/mol. The van der Waals surface area contributed by atoms with E-state index in [-0.39, 0.29) is 24.4 Å². The van der Waals surface area contributed by atoms with Crippen LogP contribution in [0, 0.1) is 13.8 Å². The van der Waals surface area contributed by atoms with Crippen LogP contribution in [-0.4, -0.2) is 5.91 Å². The lowest BCUT2D eigenvalue weighted by Gasteiger charge is -2.26. The van der Waals surface area contributed by atoms with Crippen molar-refractivity contribution in [2.45, 2.75) is 45.6 Å². The van der Waals surface area contributed by atoms with E-state index in [4.69, 9.17) is 10.2 Å². The zero-order chi connectivity index (χ0) is 18.3. The Kier molecular flexibility index (Phi) is 5.47. The lowest BCUT2D eigenvalue weighted by atomic mass is 9.87. The Bertz CT molecular complexity index is 993. The van der Waals surface area contributed by atoms with Gasteiger partial charge in [-0.1, -0.05) is 6.07 Å². The Labute approximate surface area is 165 Å². The van der Waals surface area contributed by atoms with Crippen LogP contribution in [0.3, 0.4) is 0 Å². The summed E-state index contributed by atoms with van der Waals surface area (Å²) < 4.78 is 5.65. The quantitative estimate of drug-likeness (QED) is 0.638. The van der Waals surface area contributed by atoms with Crippen molar-refractivity contribution in [1.29, 1.82) is 0 Å². The third-order valence-electron chi connectivity index (χ3n) is 5.44. The summed E-state index contributed by atoms with van der Waals surface area (Å²) >= 11 is 0. The lowest BCUT2D eigenvalue weighted by molar-refractivity contribution is -0.121. The van der Waals surface area contributed by atoms with Crippen LogP contribution in [0.25, 0.3) is 11.0 Å². The van der Waals surface area contributed by atoms with Gasteiger partial charge in [-0.15, -0.1) is 12.4 Å². The van der Waals surface area contributed by atoms with E-state index < -0.39 is 0 Å². The second-order valence-corrected chi connectivity index (χ2v) is 7.34. The highest BCUT2D eigenvalue weighted by Crippen LogP contribution is 2.31. The first-order valence-corrected chi connectivity index (χ1v) is 9.16. The first-order chi connectivity index (χ1) is 12.5. The van der Waals surface area contributed by atoms with Gasteiger partial charge in [0.2, 0.25) is 5.91 Å². The van der Waals surface area contributed by atoms with Crippen molar-refractivity contribution in [1.82, 2.24) is 5.32 Å². The number of fused-ring (bicyclic) bond motifs is 2. The van der Waals surface area contributed by atoms with E-state index in [2.05, 4.69) is 25.2 Å². The number of carbonyl (C=O) groups is 1. The number of hydrogen-bond donors (Lipinski definition) is 2. The molecule has 0 aliphatic heterocycles. The minimum Gasteiger partial charge on any atom is -0.464 e. The van der Waals surface area contributed by atoms with Crippen molar-refractivity contribution in [2.24, 2.45) is 0 Å². The van der Waals surface area contributed by atoms with Crippen LogP contribution in [0.15, 0.2) is 41.0 Å². The molecule has 27 heavy (non-hydrogen) atoms. The number of carbonyl (C=O) groups excluding carboxylic acids is 1. The average molecular weight is 385 g/mol. The summed E-state index contributed by atoms with van der Waals surface area (Å²) in [5, 5.41) is 4.23. The SMILES string of the molecule is Cc1cc2occ(CC(=O)NC3CCCc4cc(N)ccc43)c2cc1C.Cl. The van der Waals surface area contributed by atoms with Crippen LogP contribution in [0.1, 0.15) is 46.7 Å². The van der Waals surface area contributed by atoms with Gasteiger partial charge in [0.1, 0.15) is 5.58 Å². The maximum absolute atomic E-state index is 12.7. The zero-order valence-corrected chi connectivity index (χ0v) is 16.5. The van der Waals surface area contributed by atoms with E-state index in [9.17, 15) is 4.79 Å². The predicted molar refractivity (Wildman–Crippen MR) is 111 cm³/mol. The molecule has 0 saturated carbocycles. The van der Waals surface area contributed by atoms with E-state index in [1.807, 2.05) is 24.3 Å². The summed E-state index contributed by atoms with van der Waals surface area (Å²) in [4.78, 5) is 12.7. The zero-order valence-electron chi connectivity index (χ0n) is 15.7. The number of halogens is 1. The highest BCUT2D eigenvalue weighted by molar-refractivity contribution is 5.88. The molecule has 142 valence electrons. The number of anilines is 1. The van der Waals surface area contributed by atoms with Gasteiger partial charge in [0.05, 0.1) is 18.7 Å². The van der Waals surface area contributed by atoms with E-state index in [1.54, 1.807) is 6.26 Å². The van der Waals surface area contributed by atoms with Gasteiger partial charge < -0.3 is 15.5 Å². The average Bonchev–Trinajstić information content (AvgIpc) is 2.97. The highest BCUT2D eigenvalue weighted by atomic mass is 35.5. The van der Waals surface area contributed by atoms with E-state index in [0.717, 1.165) is 41.5 Å². The largest absolute Gasteiger partial charge is 0.464 e. The van der Waals surface area contributed by atoms with Crippen molar-refractivity contribution >= 4 is 35.0 Å². The van der Waals surface area contributed by atoms with Crippen molar-refractivity contribution in [3.8, 4) is 0 Å². The van der Waals surface area contributed by atoms with Crippen LogP contribution in [0.4, 0.5) is 5.69 Å². The predicted octanol–water partition coefficient (Wildman–Crippen LogP) is 4.79. The Morgan fingerprint density at radius 2 is 2.00 bits per heavy atom. The Morgan fingerprint density at radius 3 is 2.81 bits per heavy atom. The third kappa shape index (κ3) is 3.81. The number of benzene rings is 2. The van der Waals surface area contributed by atoms with Crippen LogP contribution >= 0.6 is 12.4 Å². The Morgan fingerprint density at radius 1 is 1.22 bits per heavy atom. The van der Waals surface area contributed by atoms with Crippen LogP contribution in [0.5, 0.6) is 0 Å². The minimum atomic E-state index is 0. The number of amides is 1. The molecule has 4 nitrogen and oxygen atoms in total. The van der Waals surface area contributed by atoms with Crippen molar-refractivity contribution in [2.75, 3.05) is 5.73 Å². The van der Waals surface area contributed by atoms with Crippen molar-refractivity contribution < 1.29 is 9.21 Å². The number of furan rings is 1. The summed E-state index contributed by atoms with van der Waals surface area (Å²) in [5.74, 6) is 0.0283. The summed E-state index contributed by atoms with van der Waals surface area (Å²) in [6, 6.07) is 10.2. The van der Waals surface area contributed by atoms with Crippen LogP contribution in [0.2, 0.25) is 0 Å². The fourth-order valence-electron chi connectivity index (χ4n) is 3.88. The van der Waals surface area contributed by atoms with Gasteiger partial charge in [0, 0.05) is 16.6 Å². The smallest absolute Gasteiger partial charge is 0.225 e. The molecule has 0 saturated heterocycles. The molecule has 1 aromatic heterocycles. The van der Waals surface area contributed by atoms with Gasteiger partial charge in [-0.05, 0) is 79.6 Å². The molecule has 1 aliphatic rings. The second-order valence-electron chi connectivity index (χ2n) is 7.34. The third-order valence-corrected chi connectivity index (χ3v) is 5.44. The highest BCUT2D eigenvalue weighted by Gasteiger charge is 2.22. The van der Waals surface area contributed by atoms with Gasteiger partial charge in [0.25, 0.3) is 0 Å². The van der Waals surface area contributed by atoms with Gasteiger partial charge in [0.15, 0.2) is 0 Å². The molecule has 1 aliphatic carbocycles. The summed E-state index contributed by atoms with van der Waals surface area (Å²) in [5.41, 5.74) is 13.3. The topological polar surface area (TPSA) is 68.3 Å².